The van der Waals surface area contributed by atoms with Crippen molar-refractivity contribution in [3.05, 3.63) is 99.7 Å². The first-order valence-electron chi connectivity index (χ1n) is 23.7. The molecule has 2 fully saturated rings. The molecule has 6 rings (SSSR count). The van der Waals surface area contributed by atoms with Crippen LogP contribution in [-0.4, -0.2) is 96.4 Å². The summed E-state index contributed by atoms with van der Waals surface area (Å²) in [6.07, 6.45) is 4.28. The summed E-state index contributed by atoms with van der Waals surface area (Å²) in [5.74, 6) is -0.00613. The van der Waals surface area contributed by atoms with Crippen LogP contribution in [0.15, 0.2) is 77.4 Å². The van der Waals surface area contributed by atoms with E-state index in [1.165, 1.54) is 10.5 Å². The van der Waals surface area contributed by atoms with E-state index in [1.807, 2.05) is 53.0 Å². The Morgan fingerprint density at radius 1 is 0.956 bits per heavy atom. The van der Waals surface area contributed by atoms with Crippen molar-refractivity contribution in [2.75, 3.05) is 26.4 Å². The number of rotatable bonds is 20. The number of aliphatic hydroxyl groups is 1. The van der Waals surface area contributed by atoms with E-state index in [1.54, 1.807) is 42.5 Å². The van der Waals surface area contributed by atoms with Crippen molar-refractivity contribution in [1.29, 1.82) is 5.26 Å². The molecule has 2 heterocycles. The highest BCUT2D eigenvalue weighted by atomic mass is 35.5. The number of nitrogens with zero attached hydrogens (tertiary/aromatic N) is 3. The number of halogens is 1. The number of ketones is 1. The molecule has 0 spiro atoms. The Morgan fingerprint density at radius 3 is 2.24 bits per heavy atom. The lowest BCUT2D eigenvalue weighted by atomic mass is 9.49. The fraction of sp³-hybridized carbons (Fsp3) is 0.519. The van der Waals surface area contributed by atoms with Gasteiger partial charge in [-0.3, -0.25) is 24.2 Å². The van der Waals surface area contributed by atoms with Gasteiger partial charge in [-0.25, -0.2) is 0 Å². The molecule has 14 heteroatoms. The van der Waals surface area contributed by atoms with E-state index in [0.717, 1.165) is 36.1 Å². The van der Waals surface area contributed by atoms with Gasteiger partial charge in [0.1, 0.15) is 36.3 Å². The molecule has 0 aromatic heterocycles. The van der Waals surface area contributed by atoms with Gasteiger partial charge in [-0.05, 0) is 90.6 Å². The van der Waals surface area contributed by atoms with Crippen molar-refractivity contribution in [1.82, 2.24) is 15.5 Å². The van der Waals surface area contributed by atoms with Crippen LogP contribution in [0.5, 0.6) is 11.5 Å². The maximum Gasteiger partial charge on any atom is 0.251 e. The van der Waals surface area contributed by atoms with Crippen molar-refractivity contribution in [3.8, 4) is 17.6 Å². The minimum Gasteiger partial charge on any atom is -0.494 e. The van der Waals surface area contributed by atoms with Crippen LogP contribution in [-0.2, 0) is 19.1 Å². The molecule has 3 aliphatic rings. The molecule has 364 valence electrons. The van der Waals surface area contributed by atoms with E-state index in [2.05, 4.69) is 61.5 Å². The van der Waals surface area contributed by atoms with Gasteiger partial charge in [0.2, 0.25) is 11.8 Å². The number of hydrogen-bond donors (Lipinski definition) is 3. The Balaban J connectivity index is 0.886. The average molecular weight is 951 g/mol. The number of aliphatic imine (C=N–C) groups is 1. The number of carbonyl (C=O) groups is 4. The summed E-state index contributed by atoms with van der Waals surface area (Å²) in [4.78, 5) is 60.1. The molecular weight excluding hydrogens is 882 g/mol. The largest absolute Gasteiger partial charge is 0.494 e. The topological polar surface area (TPSA) is 180 Å². The maximum atomic E-state index is 14.1. The lowest BCUT2D eigenvalue weighted by Crippen LogP contribution is -2.74. The van der Waals surface area contributed by atoms with Crippen LogP contribution >= 0.6 is 11.6 Å². The van der Waals surface area contributed by atoms with Crippen molar-refractivity contribution < 1.29 is 38.5 Å². The molecule has 1 saturated carbocycles. The van der Waals surface area contributed by atoms with E-state index in [4.69, 9.17) is 25.8 Å². The zero-order valence-electron chi connectivity index (χ0n) is 41.0. The van der Waals surface area contributed by atoms with Crippen molar-refractivity contribution in [3.63, 3.8) is 0 Å². The number of ether oxygens (including phenoxy) is 3. The highest BCUT2D eigenvalue weighted by molar-refractivity contribution is 6.31. The predicted octanol–water partition coefficient (Wildman–Crippen LogP) is 8.85. The minimum atomic E-state index is -0.931. The van der Waals surface area contributed by atoms with Crippen LogP contribution in [0.25, 0.3) is 5.57 Å². The van der Waals surface area contributed by atoms with Crippen LogP contribution in [0, 0.1) is 27.6 Å². The average Bonchev–Trinajstić information content (AvgIpc) is 3.91. The number of benzene rings is 3. The van der Waals surface area contributed by atoms with Gasteiger partial charge in [-0.1, -0.05) is 91.3 Å². The molecule has 13 nitrogen and oxygen atoms in total. The van der Waals surface area contributed by atoms with Gasteiger partial charge in [0, 0.05) is 72.8 Å². The van der Waals surface area contributed by atoms with Crippen molar-refractivity contribution in [2.45, 2.75) is 137 Å². The molecule has 0 unspecified atom stereocenters. The van der Waals surface area contributed by atoms with Crippen LogP contribution < -0.4 is 20.1 Å². The standard InChI is InChI=1S/C54H68ClN5O8/c1-33(35-13-15-36(16-14-35)42-23-24-57-34(42)2)27-45(62)44-28-39(61)31-60(44)49(65)47(52(3,4)5)58-46(63)32-66-25-11-10-12-26-67-40-20-17-37(18-21-40)48(64)59-50-53(6,7)51(54(50,8)9)68-41-22-19-38(30-56)43(55)29-41/h13-22,24,29,33,39,44,47,50-51,61H,10-12,23,25-28,31-32H2,1-9H3,(H,58,63)(H,59,64)/t33-,39-,44+,47-,50?,51?/m1/s1. The normalized spacial score (nSPS) is 21.4. The molecule has 2 aliphatic heterocycles. The van der Waals surface area contributed by atoms with E-state index in [-0.39, 0.29) is 66.6 Å². The highest BCUT2D eigenvalue weighted by Gasteiger charge is 2.64. The Kier molecular flexibility index (Phi) is 16.6. The number of aliphatic hydroxyl groups excluding tert-OH is 1. The number of nitrogens with one attached hydrogen (secondary N) is 2. The number of likely N-dealkylation sites (tertiary alicyclic amines) is 1. The second-order valence-corrected chi connectivity index (χ2v) is 21.2. The molecular formula is C54H68ClN5O8. The maximum absolute atomic E-state index is 14.1. The molecule has 3 aromatic rings. The second-order valence-electron chi connectivity index (χ2n) is 20.8. The van der Waals surface area contributed by atoms with Gasteiger partial charge in [0.05, 0.1) is 29.3 Å². The van der Waals surface area contributed by atoms with Crippen LogP contribution in [0.2, 0.25) is 5.02 Å². The third kappa shape index (κ3) is 12.2. The smallest absolute Gasteiger partial charge is 0.251 e. The molecule has 3 amide bonds. The van der Waals surface area contributed by atoms with Crippen LogP contribution in [0.1, 0.15) is 134 Å². The third-order valence-electron chi connectivity index (χ3n) is 13.7. The van der Waals surface area contributed by atoms with E-state index >= 15 is 0 Å². The minimum absolute atomic E-state index is 0.0237. The summed E-state index contributed by atoms with van der Waals surface area (Å²) >= 11 is 6.24. The van der Waals surface area contributed by atoms with Gasteiger partial charge in [-0.15, -0.1) is 0 Å². The van der Waals surface area contributed by atoms with Gasteiger partial charge in [-0.2, -0.15) is 5.26 Å². The van der Waals surface area contributed by atoms with E-state index < -0.39 is 35.4 Å². The molecule has 1 saturated heterocycles. The number of allylic oxidation sites excluding steroid dienone is 2. The van der Waals surface area contributed by atoms with Gasteiger partial charge < -0.3 is 34.9 Å². The summed E-state index contributed by atoms with van der Waals surface area (Å²) in [5, 5.41) is 26.3. The van der Waals surface area contributed by atoms with Gasteiger partial charge >= 0.3 is 0 Å². The lowest BCUT2D eigenvalue weighted by Gasteiger charge is -2.63. The lowest BCUT2D eigenvalue weighted by molar-refractivity contribution is -0.164. The second kappa shape index (κ2) is 21.8. The first-order chi connectivity index (χ1) is 32.1. The first kappa shape index (κ1) is 51.8. The fourth-order valence-electron chi connectivity index (χ4n) is 10.1. The molecule has 0 bridgehead atoms. The zero-order valence-corrected chi connectivity index (χ0v) is 41.7. The Hall–Kier alpha value is -5.55. The molecule has 4 atom stereocenters. The van der Waals surface area contributed by atoms with Gasteiger partial charge in [0.15, 0.2) is 5.78 Å². The SMILES string of the molecule is CC1=C(c2ccc([C@H](C)CC(=O)[C@@H]3C[C@@H](O)CN3C(=O)[C@@H](NC(=O)COCCCCCOc3ccc(C(=O)NC4C(C)(C)C(Oc5ccc(C#N)c(Cl)c5)C4(C)C)cc3)C(C)(C)C)cc2)CC=N1. The zero-order chi connectivity index (χ0) is 49.6. The monoisotopic (exact) mass is 949 g/mol. The highest BCUT2D eigenvalue weighted by Crippen LogP contribution is 2.55. The van der Waals surface area contributed by atoms with Crippen LogP contribution in [0.3, 0.4) is 0 Å². The Bertz CT molecular complexity index is 2400. The Morgan fingerprint density at radius 2 is 1.62 bits per heavy atom. The number of unbranched alkanes of at least 4 members (excludes halogenated alkanes) is 2. The number of amides is 3. The summed E-state index contributed by atoms with van der Waals surface area (Å²) in [5.41, 5.74) is 3.78. The number of carbonyl (C=O) groups excluding carboxylic acids is 4. The van der Waals surface area contributed by atoms with E-state index in [9.17, 15) is 29.5 Å². The quantitative estimate of drug-likeness (QED) is 0.0933. The number of Topliss-reactive ketones (excluding diaryl/α,β-unsaturated/α-hetero) is 1. The molecule has 1 aliphatic carbocycles. The van der Waals surface area contributed by atoms with Gasteiger partial charge in [0.25, 0.3) is 5.91 Å². The van der Waals surface area contributed by atoms with Crippen molar-refractivity contribution in [2.24, 2.45) is 21.2 Å². The number of hydrogen-bond acceptors (Lipinski definition) is 10. The predicted molar refractivity (Wildman–Crippen MR) is 264 cm³/mol. The summed E-state index contributed by atoms with van der Waals surface area (Å²) in [7, 11) is 0. The fourth-order valence-corrected chi connectivity index (χ4v) is 10.3. The summed E-state index contributed by atoms with van der Waals surface area (Å²) < 4.78 is 18.0. The third-order valence-corrected chi connectivity index (χ3v) is 14.0. The summed E-state index contributed by atoms with van der Waals surface area (Å²) in [6.45, 7) is 18.4. The van der Waals surface area contributed by atoms with Crippen LogP contribution in [0.4, 0.5) is 0 Å². The number of nitriles is 1. The molecule has 3 aromatic carbocycles. The number of β-amino-alcohol motifs (C(OH)–C–C–N with tert-alkyl or cyclic N) is 1. The molecule has 68 heavy (non-hydrogen) atoms. The first-order valence-corrected chi connectivity index (χ1v) is 24.1. The molecule has 3 N–H and O–H groups in total. The van der Waals surface area contributed by atoms with Crippen molar-refractivity contribution >= 4 is 46.9 Å². The summed E-state index contributed by atoms with van der Waals surface area (Å²) in [6, 6.07) is 20.4. The Labute approximate surface area is 406 Å². The van der Waals surface area contributed by atoms with E-state index in [0.29, 0.717) is 47.3 Å². The molecule has 0 radical (unpaired) electrons.